The molecule has 2 aromatic heterocycles. The van der Waals surface area contributed by atoms with Gasteiger partial charge in [0.05, 0.1) is 78.6 Å². The molecule has 6 rings (SSSR count). The second-order valence-electron chi connectivity index (χ2n) is 14.6. The summed E-state index contributed by atoms with van der Waals surface area (Å²) in [7, 11) is 0.459. The van der Waals surface area contributed by atoms with E-state index >= 15 is 0 Å². The quantitative estimate of drug-likeness (QED) is 0.0219. The number of aromatic nitrogens is 4. The standard InChI is InChI=1S/C42H46N12O2.2CH4O4S/c1-51-25-26-52(2)41(51)49-47-37-29-33(45-39(55)31-15-9-7-10-16-31)19-21-35(37)43-23-13-5-6-14-24-44-36-22-20-34(46-40(56)32-17-11-8-12-18-32)30-38(36)48-50-42-53(3)27-28-54(42)4;2*1-5-6(2,3)4/h7-12,15-22,25-30H,5-6,13-14,23-24H2,1-4H3,(H2,45,46,47,48,55,56);2*1H3,(H,2,3,4). The van der Waals surface area contributed by atoms with Crippen molar-refractivity contribution in [3.05, 3.63) is 133 Å². The summed E-state index contributed by atoms with van der Waals surface area (Å²) in [6, 6.07) is 29.5. The van der Waals surface area contributed by atoms with E-state index in [1.807, 2.05) is 144 Å². The highest BCUT2D eigenvalue weighted by atomic mass is 32.3. The van der Waals surface area contributed by atoms with Gasteiger partial charge in [-0.1, -0.05) is 59.5 Å². The molecule has 4 aromatic carbocycles. The molecule has 4 N–H and O–H groups in total. The first kappa shape index (κ1) is 53.4. The third-order valence-electron chi connectivity index (χ3n) is 9.51. The Bertz CT molecular complexity index is 2640. The van der Waals surface area contributed by atoms with Crippen LogP contribution in [-0.2, 0) is 57.4 Å². The zero-order valence-electron chi connectivity index (χ0n) is 38.3. The van der Waals surface area contributed by atoms with E-state index in [0.717, 1.165) is 64.4 Å². The number of benzene rings is 4. The molecule has 0 saturated heterocycles. The molecule has 0 atom stereocenters. The summed E-state index contributed by atoms with van der Waals surface area (Å²) in [6.45, 7) is 1.50. The average molecular weight is 975 g/mol. The first-order chi connectivity index (χ1) is 32.4. The van der Waals surface area contributed by atoms with Gasteiger partial charge >= 0.3 is 11.9 Å². The Morgan fingerprint density at radius 2 is 0.926 bits per heavy atom. The van der Waals surface area contributed by atoms with E-state index < -0.39 is 20.8 Å². The Hall–Kier alpha value is -7.22. The summed E-state index contributed by atoms with van der Waals surface area (Å²) in [6.07, 6.45) is 11.6. The minimum atomic E-state index is -4.41. The lowest BCUT2D eigenvalue weighted by Gasteiger charge is -2.12. The normalized spacial score (nSPS) is 11.4. The first-order valence-corrected chi connectivity index (χ1v) is 23.4. The Morgan fingerprint density at radius 1 is 0.574 bits per heavy atom. The zero-order valence-corrected chi connectivity index (χ0v) is 39.9. The number of nitrogens with one attached hydrogen (secondary N) is 4. The van der Waals surface area contributed by atoms with E-state index in [0.29, 0.717) is 45.8 Å². The molecule has 0 radical (unpaired) electrons. The van der Waals surface area contributed by atoms with Crippen molar-refractivity contribution in [1.29, 1.82) is 0 Å². The van der Waals surface area contributed by atoms with E-state index in [1.54, 1.807) is 24.3 Å². The second kappa shape index (κ2) is 26.2. The summed E-state index contributed by atoms with van der Waals surface area (Å²) in [5.41, 5.74) is 5.34. The van der Waals surface area contributed by atoms with Gasteiger partial charge in [0.15, 0.2) is 0 Å². The maximum Gasteiger partial charge on any atom is 0.421 e. The molecule has 0 fully saturated rings. The highest BCUT2D eigenvalue weighted by molar-refractivity contribution is 7.81. The Balaban J connectivity index is 0.000000745. The lowest BCUT2D eigenvalue weighted by molar-refractivity contribution is -0.657. The van der Waals surface area contributed by atoms with Crippen LogP contribution in [0.1, 0.15) is 46.4 Å². The molecule has 0 spiro atoms. The Kier molecular flexibility index (Phi) is 20.6. The van der Waals surface area contributed by atoms with E-state index in [1.165, 1.54) is 0 Å². The number of imidazole rings is 2. The van der Waals surface area contributed by atoms with Gasteiger partial charge in [0.1, 0.15) is 11.4 Å². The van der Waals surface area contributed by atoms with Crippen molar-refractivity contribution in [3.63, 3.8) is 0 Å². The van der Waals surface area contributed by atoms with Crippen LogP contribution in [0.4, 0.5) is 46.0 Å². The van der Waals surface area contributed by atoms with Crippen molar-refractivity contribution in [1.82, 2.24) is 9.13 Å². The molecule has 0 aliphatic carbocycles. The number of aryl methyl sites for hydroxylation is 4. The van der Waals surface area contributed by atoms with Crippen molar-refractivity contribution in [2.75, 3.05) is 48.6 Å². The van der Waals surface area contributed by atoms with Crippen LogP contribution in [0.5, 0.6) is 0 Å². The van der Waals surface area contributed by atoms with Crippen LogP contribution < -0.4 is 30.4 Å². The van der Waals surface area contributed by atoms with E-state index in [4.69, 9.17) is 0 Å². The predicted octanol–water partition coefficient (Wildman–Crippen LogP) is 6.62. The molecule has 0 unspecified atom stereocenters. The summed E-state index contributed by atoms with van der Waals surface area (Å²) >= 11 is 0. The lowest BCUT2D eigenvalue weighted by Crippen LogP contribution is -2.25. The van der Waals surface area contributed by atoms with E-state index in [9.17, 15) is 35.5 Å². The molecule has 0 bridgehead atoms. The van der Waals surface area contributed by atoms with Crippen LogP contribution >= 0.6 is 0 Å². The number of rotatable bonds is 19. The van der Waals surface area contributed by atoms with Gasteiger partial charge < -0.3 is 30.4 Å². The minimum absolute atomic E-state index is 0.191. The zero-order chi connectivity index (χ0) is 49.7. The van der Waals surface area contributed by atoms with Crippen LogP contribution in [0, 0.1) is 0 Å². The fraction of sp³-hybridized carbons (Fsp3) is 0.273. The Morgan fingerprint density at radius 3 is 1.24 bits per heavy atom. The summed E-state index contributed by atoms with van der Waals surface area (Å²) < 4.78 is 69.6. The number of unbranched alkanes of at least 4 members (excludes halogenated alkanes) is 3. The number of azo groups is 2. The summed E-state index contributed by atoms with van der Waals surface area (Å²) in [5, 5.41) is 31.2. The molecule has 2 heterocycles. The van der Waals surface area contributed by atoms with Gasteiger partial charge in [-0.25, -0.2) is 35.1 Å². The molecule has 0 aliphatic rings. The van der Waals surface area contributed by atoms with Crippen LogP contribution in [0.15, 0.2) is 142 Å². The lowest BCUT2D eigenvalue weighted by atomic mass is 10.1. The number of carbonyl (C=O) groups is 2. The van der Waals surface area contributed by atoms with Crippen molar-refractivity contribution in [2.45, 2.75) is 25.7 Å². The largest absolute Gasteiger partial charge is 0.726 e. The van der Waals surface area contributed by atoms with Crippen molar-refractivity contribution >= 4 is 78.6 Å². The molecular weight excluding hydrogens is 921 g/mol. The fourth-order valence-electron chi connectivity index (χ4n) is 5.96. The topological polar surface area (TPSA) is 282 Å². The Labute approximate surface area is 395 Å². The predicted molar refractivity (Wildman–Crippen MR) is 252 cm³/mol. The molecule has 0 aliphatic heterocycles. The highest BCUT2D eigenvalue weighted by Gasteiger charge is 2.15. The van der Waals surface area contributed by atoms with Gasteiger partial charge in [0, 0.05) is 45.8 Å². The highest BCUT2D eigenvalue weighted by Crippen LogP contribution is 2.32. The average Bonchev–Trinajstić information content (AvgIpc) is 3.82. The smallest absolute Gasteiger partial charge is 0.421 e. The number of amides is 2. The summed E-state index contributed by atoms with van der Waals surface area (Å²) in [4.78, 5) is 25.7. The monoisotopic (exact) mass is 974 g/mol. The van der Waals surface area contributed by atoms with Crippen LogP contribution in [-0.4, -0.2) is 74.2 Å². The second-order valence-corrected chi connectivity index (χ2v) is 16.9. The van der Waals surface area contributed by atoms with Gasteiger partial charge in [-0.15, -0.1) is 0 Å². The molecule has 6 aromatic rings. The van der Waals surface area contributed by atoms with Crippen molar-refractivity contribution < 1.29 is 53.0 Å². The van der Waals surface area contributed by atoms with Crippen molar-refractivity contribution in [2.24, 2.45) is 48.6 Å². The molecule has 0 saturated carbocycles. The summed E-state index contributed by atoms with van der Waals surface area (Å²) in [5.74, 6) is 0.997. The van der Waals surface area contributed by atoms with Gasteiger partial charge in [-0.2, -0.15) is 0 Å². The minimum Gasteiger partial charge on any atom is -0.726 e. The maximum atomic E-state index is 12.8. The maximum absolute atomic E-state index is 12.8. The van der Waals surface area contributed by atoms with Crippen LogP contribution in [0.3, 0.4) is 0 Å². The number of hydrogen-bond acceptors (Lipinski definition) is 16. The van der Waals surface area contributed by atoms with Crippen LogP contribution in [0.25, 0.3) is 0 Å². The molecule has 24 heteroatoms. The van der Waals surface area contributed by atoms with E-state index in [2.05, 4.69) is 50.1 Å². The number of carbonyl (C=O) groups excluding carboxylic acids is 2. The van der Waals surface area contributed by atoms with E-state index in [-0.39, 0.29) is 11.8 Å². The SMILES string of the molecule is COS(=O)(=O)[O-].COS(=O)(=O)[O-].Cn1cc[n+](C)c1N=Nc1cc(NC(=O)c2ccccc2)ccc1NCCCCCCNc1ccc(NC(=O)c2ccccc2)cc1N=Nc1n(C)cc[n+]1C. The van der Waals surface area contributed by atoms with Gasteiger partial charge in [0.2, 0.25) is 20.8 Å². The van der Waals surface area contributed by atoms with Gasteiger partial charge in [0.25, 0.3) is 11.8 Å². The molecule has 68 heavy (non-hydrogen) atoms. The molecule has 362 valence electrons. The molecular formula is C44H54N12O10S2. The first-order valence-electron chi connectivity index (χ1n) is 20.7. The van der Waals surface area contributed by atoms with Gasteiger partial charge in [-0.05, 0) is 73.5 Å². The third-order valence-corrected chi connectivity index (χ3v) is 10.3. The number of nitrogens with zero attached hydrogens (tertiary/aromatic N) is 8. The van der Waals surface area contributed by atoms with Crippen molar-refractivity contribution in [3.8, 4) is 0 Å². The van der Waals surface area contributed by atoms with Gasteiger partial charge in [-0.3, -0.25) is 18.0 Å². The molecule has 2 amide bonds. The number of anilines is 4. The third kappa shape index (κ3) is 18.2. The fourth-order valence-corrected chi connectivity index (χ4v) is 5.96. The molecule has 22 nitrogen and oxygen atoms in total. The van der Waals surface area contributed by atoms with Crippen LogP contribution in [0.2, 0.25) is 0 Å². The number of hydrogen-bond donors (Lipinski definition) is 4.